The van der Waals surface area contributed by atoms with Crippen LogP contribution in [0.5, 0.6) is 0 Å². The second-order valence-corrected chi connectivity index (χ2v) is 5.98. The highest BCUT2D eigenvalue weighted by molar-refractivity contribution is 5.96. The molecule has 0 unspecified atom stereocenters. The highest BCUT2D eigenvalue weighted by Crippen LogP contribution is 2.23. The molecule has 134 valence electrons. The van der Waals surface area contributed by atoms with E-state index >= 15 is 0 Å². The van der Waals surface area contributed by atoms with Gasteiger partial charge in [-0.3, -0.25) is 4.79 Å². The largest absolute Gasteiger partial charge is 0.443 e. The van der Waals surface area contributed by atoms with Crippen LogP contribution in [-0.4, -0.2) is 34.8 Å². The minimum absolute atomic E-state index is 0.217. The lowest BCUT2D eigenvalue weighted by Crippen LogP contribution is -2.36. The molecule has 5 heteroatoms. The average Bonchev–Trinajstić information content (AvgIpc) is 3.12. The molecule has 1 atom stereocenters. The van der Waals surface area contributed by atoms with Gasteiger partial charge in [0.25, 0.3) is 5.91 Å². The molecule has 26 heavy (non-hydrogen) atoms. The Morgan fingerprint density at radius 1 is 1.00 bits per heavy atom. The third kappa shape index (κ3) is 3.61. The van der Waals surface area contributed by atoms with Gasteiger partial charge in [0, 0.05) is 29.6 Å². The highest BCUT2D eigenvalue weighted by Gasteiger charge is 2.29. The molecule has 0 aliphatic rings. The van der Waals surface area contributed by atoms with Crippen LogP contribution >= 0.6 is 0 Å². The van der Waals surface area contributed by atoms with E-state index in [4.69, 9.17) is 4.74 Å². The molecule has 0 aliphatic heterocycles. The number of nitrogens with one attached hydrogen (secondary N) is 1. The molecule has 1 heterocycles. The first kappa shape index (κ1) is 17.7. The van der Waals surface area contributed by atoms with Crippen LogP contribution in [0.2, 0.25) is 0 Å². The van der Waals surface area contributed by atoms with Gasteiger partial charge in [0.2, 0.25) is 6.10 Å². The quantitative estimate of drug-likeness (QED) is 0.685. The number of H-pyrrole nitrogens is 1. The average molecular weight is 350 g/mol. The molecular formula is C21H22N2O3. The molecule has 1 N–H and O–H groups in total. The Labute approximate surface area is 152 Å². The summed E-state index contributed by atoms with van der Waals surface area (Å²) in [6.07, 6.45) is -0.963. The predicted molar refractivity (Wildman–Crippen MR) is 101 cm³/mol. The van der Waals surface area contributed by atoms with Crippen molar-refractivity contribution in [1.82, 2.24) is 9.88 Å². The number of carbonyl (C=O) groups is 2. The van der Waals surface area contributed by atoms with E-state index in [-0.39, 0.29) is 5.91 Å². The smallest absolute Gasteiger partial charge is 0.355 e. The number of nitrogens with zero attached hydrogens (tertiary/aromatic N) is 1. The number of aromatic nitrogens is 1. The van der Waals surface area contributed by atoms with Gasteiger partial charge in [0.15, 0.2) is 0 Å². The van der Waals surface area contributed by atoms with Gasteiger partial charge in [-0.25, -0.2) is 4.79 Å². The maximum Gasteiger partial charge on any atom is 0.355 e. The van der Waals surface area contributed by atoms with Crippen LogP contribution < -0.4 is 0 Å². The first-order chi connectivity index (χ1) is 12.6. The molecule has 5 nitrogen and oxygen atoms in total. The molecule has 0 radical (unpaired) electrons. The monoisotopic (exact) mass is 350 g/mol. The SMILES string of the molecule is CCN(CC)C(=O)[C@H](OC(=O)c1cc2ccccc2[nH]1)c1ccccc1. The summed E-state index contributed by atoms with van der Waals surface area (Å²) in [5.74, 6) is -0.763. The summed E-state index contributed by atoms with van der Waals surface area (Å²) in [5.41, 5.74) is 1.85. The number of esters is 1. The molecule has 3 aromatic rings. The summed E-state index contributed by atoms with van der Waals surface area (Å²) in [6, 6.07) is 18.5. The lowest BCUT2D eigenvalue weighted by molar-refractivity contribution is -0.140. The normalized spacial score (nSPS) is 11.9. The molecule has 0 saturated carbocycles. The number of fused-ring (bicyclic) bond motifs is 1. The standard InChI is InChI=1S/C21H22N2O3/c1-3-23(4-2)20(24)19(15-10-6-5-7-11-15)26-21(25)18-14-16-12-8-9-13-17(16)22-18/h5-14,19,22H,3-4H2,1-2H3/t19-/m1/s1. The van der Waals surface area contributed by atoms with Gasteiger partial charge < -0.3 is 14.6 Å². The molecule has 0 bridgehead atoms. The molecule has 0 spiro atoms. The van der Waals surface area contributed by atoms with E-state index in [1.807, 2.05) is 56.3 Å². The van der Waals surface area contributed by atoms with Crippen LogP contribution in [0, 0.1) is 0 Å². The minimum Gasteiger partial charge on any atom is -0.443 e. The minimum atomic E-state index is -0.963. The fourth-order valence-corrected chi connectivity index (χ4v) is 2.94. The Morgan fingerprint density at radius 2 is 1.65 bits per heavy atom. The second-order valence-electron chi connectivity index (χ2n) is 5.98. The first-order valence-electron chi connectivity index (χ1n) is 8.76. The summed E-state index contributed by atoms with van der Waals surface area (Å²) in [4.78, 5) is 30.3. The van der Waals surface area contributed by atoms with Crippen LogP contribution in [0.3, 0.4) is 0 Å². The third-order valence-corrected chi connectivity index (χ3v) is 4.38. The number of carbonyl (C=O) groups excluding carboxylic acids is 2. The molecule has 1 amide bonds. The van der Waals surface area contributed by atoms with Crippen molar-refractivity contribution in [3.05, 3.63) is 71.9 Å². The van der Waals surface area contributed by atoms with Crippen molar-refractivity contribution in [2.75, 3.05) is 13.1 Å². The van der Waals surface area contributed by atoms with Crippen LogP contribution in [0.15, 0.2) is 60.7 Å². The zero-order valence-electron chi connectivity index (χ0n) is 14.9. The Morgan fingerprint density at radius 3 is 2.31 bits per heavy atom. The third-order valence-electron chi connectivity index (χ3n) is 4.38. The van der Waals surface area contributed by atoms with E-state index < -0.39 is 12.1 Å². The van der Waals surface area contributed by atoms with Gasteiger partial charge in [-0.1, -0.05) is 48.5 Å². The van der Waals surface area contributed by atoms with Crippen molar-refractivity contribution in [1.29, 1.82) is 0 Å². The number of rotatable bonds is 6. The van der Waals surface area contributed by atoms with Gasteiger partial charge in [-0.05, 0) is 26.0 Å². The fourth-order valence-electron chi connectivity index (χ4n) is 2.94. The van der Waals surface area contributed by atoms with Crippen LogP contribution in [0.25, 0.3) is 10.9 Å². The van der Waals surface area contributed by atoms with Gasteiger partial charge in [-0.2, -0.15) is 0 Å². The molecule has 0 fully saturated rings. The van der Waals surface area contributed by atoms with E-state index in [1.54, 1.807) is 23.1 Å². The van der Waals surface area contributed by atoms with E-state index in [2.05, 4.69) is 4.98 Å². The predicted octanol–water partition coefficient (Wildman–Crippen LogP) is 3.93. The summed E-state index contributed by atoms with van der Waals surface area (Å²) in [5, 5.41) is 0.922. The molecule has 3 rings (SSSR count). The van der Waals surface area contributed by atoms with E-state index in [9.17, 15) is 9.59 Å². The molecular weight excluding hydrogens is 328 g/mol. The van der Waals surface area contributed by atoms with Gasteiger partial charge >= 0.3 is 5.97 Å². The highest BCUT2D eigenvalue weighted by atomic mass is 16.5. The van der Waals surface area contributed by atoms with Crippen molar-refractivity contribution in [3.8, 4) is 0 Å². The molecule has 0 aliphatic carbocycles. The van der Waals surface area contributed by atoms with Crippen LogP contribution in [0.4, 0.5) is 0 Å². The number of ether oxygens (including phenoxy) is 1. The summed E-state index contributed by atoms with van der Waals surface area (Å²) < 4.78 is 5.64. The van der Waals surface area contributed by atoms with Gasteiger partial charge in [0.05, 0.1) is 0 Å². The van der Waals surface area contributed by atoms with Crippen LogP contribution in [0.1, 0.15) is 36.0 Å². The van der Waals surface area contributed by atoms with E-state index in [0.29, 0.717) is 24.3 Å². The Balaban J connectivity index is 1.89. The number of aromatic amines is 1. The maximum atomic E-state index is 12.9. The summed E-state index contributed by atoms with van der Waals surface area (Å²) >= 11 is 0. The van der Waals surface area contributed by atoms with E-state index in [1.165, 1.54) is 0 Å². The number of hydrogen-bond donors (Lipinski definition) is 1. The fraction of sp³-hybridized carbons (Fsp3) is 0.238. The number of hydrogen-bond acceptors (Lipinski definition) is 3. The molecule has 2 aromatic carbocycles. The zero-order chi connectivity index (χ0) is 18.5. The number of amides is 1. The second kappa shape index (κ2) is 7.87. The van der Waals surface area contributed by atoms with Gasteiger partial charge in [-0.15, -0.1) is 0 Å². The van der Waals surface area contributed by atoms with Crippen molar-refractivity contribution < 1.29 is 14.3 Å². The number of para-hydroxylation sites is 1. The van der Waals surface area contributed by atoms with E-state index in [0.717, 1.165) is 10.9 Å². The van der Waals surface area contributed by atoms with Crippen molar-refractivity contribution >= 4 is 22.8 Å². The lowest BCUT2D eigenvalue weighted by atomic mass is 10.1. The van der Waals surface area contributed by atoms with Crippen molar-refractivity contribution in [3.63, 3.8) is 0 Å². The Bertz CT molecular complexity index is 865. The Hall–Kier alpha value is -3.08. The number of likely N-dealkylation sites (N-methyl/N-ethyl adjacent to an activating group) is 1. The lowest BCUT2D eigenvalue weighted by Gasteiger charge is -2.25. The first-order valence-corrected chi connectivity index (χ1v) is 8.76. The van der Waals surface area contributed by atoms with Crippen molar-refractivity contribution in [2.45, 2.75) is 20.0 Å². The summed E-state index contributed by atoms with van der Waals surface area (Å²) in [7, 11) is 0. The summed E-state index contributed by atoms with van der Waals surface area (Å²) in [6.45, 7) is 4.93. The molecule has 0 saturated heterocycles. The topological polar surface area (TPSA) is 62.4 Å². The zero-order valence-corrected chi connectivity index (χ0v) is 14.9. The van der Waals surface area contributed by atoms with Crippen LogP contribution in [-0.2, 0) is 9.53 Å². The van der Waals surface area contributed by atoms with Gasteiger partial charge in [0.1, 0.15) is 5.69 Å². The number of benzene rings is 2. The molecule has 1 aromatic heterocycles. The maximum absolute atomic E-state index is 12.9. The van der Waals surface area contributed by atoms with Crippen molar-refractivity contribution in [2.24, 2.45) is 0 Å². The Kier molecular flexibility index (Phi) is 5.37.